The second-order valence-electron chi connectivity index (χ2n) is 4.56. The topological polar surface area (TPSA) is 15.6 Å². The van der Waals surface area contributed by atoms with E-state index < -0.39 is 0 Å². The molecule has 3 heteroatoms. The van der Waals surface area contributed by atoms with Crippen LogP contribution in [0.25, 0.3) is 0 Å². The minimum Gasteiger partial charge on any atom is -0.324 e. The number of hydrogen-bond donors (Lipinski definition) is 0. The van der Waals surface area contributed by atoms with Crippen molar-refractivity contribution in [1.29, 1.82) is 0 Å². The predicted molar refractivity (Wildman–Crippen MR) is 68.0 cm³/mol. The fraction of sp³-hybridized carbons (Fsp3) is 0.750. The molecule has 0 saturated heterocycles. The summed E-state index contributed by atoms with van der Waals surface area (Å²) in [4.78, 5) is 7.01. The molecule has 0 amide bonds. The summed E-state index contributed by atoms with van der Waals surface area (Å²) in [5.74, 6) is 0. The van der Waals surface area contributed by atoms with Crippen molar-refractivity contribution in [3.63, 3.8) is 0 Å². The van der Waals surface area contributed by atoms with Crippen LogP contribution in [0.3, 0.4) is 0 Å². The van der Waals surface area contributed by atoms with Crippen LogP contribution in [-0.4, -0.2) is 23.2 Å². The first-order valence-electron chi connectivity index (χ1n) is 5.90. The fourth-order valence-corrected chi connectivity index (χ4v) is 3.27. The highest BCUT2D eigenvalue weighted by molar-refractivity contribution is 8.16. The summed E-state index contributed by atoms with van der Waals surface area (Å²) in [5.41, 5.74) is 1.83. The lowest BCUT2D eigenvalue weighted by Gasteiger charge is -2.36. The van der Waals surface area contributed by atoms with Gasteiger partial charge in [0.2, 0.25) is 0 Å². The van der Waals surface area contributed by atoms with E-state index in [-0.39, 0.29) is 0 Å². The molecule has 2 heterocycles. The minimum absolute atomic E-state index is 0.335. The molecule has 0 spiro atoms. The van der Waals surface area contributed by atoms with Crippen molar-refractivity contribution < 1.29 is 0 Å². The molecule has 84 valence electrons. The van der Waals surface area contributed by atoms with E-state index in [0.29, 0.717) is 5.41 Å². The van der Waals surface area contributed by atoms with Crippen LogP contribution in [0.15, 0.2) is 16.1 Å². The maximum absolute atomic E-state index is 4.58. The summed E-state index contributed by atoms with van der Waals surface area (Å²) < 4.78 is 0. The SMILES string of the molecule is CCC(C)(CC)C1=CSC2=NCCCN12. The maximum Gasteiger partial charge on any atom is 0.167 e. The van der Waals surface area contributed by atoms with Crippen LogP contribution in [-0.2, 0) is 0 Å². The molecule has 2 nitrogen and oxygen atoms in total. The average molecular weight is 224 g/mol. The number of thioether (sulfide) groups is 1. The Morgan fingerprint density at radius 3 is 2.87 bits per heavy atom. The van der Waals surface area contributed by atoms with Gasteiger partial charge in [-0.05, 0) is 24.7 Å². The molecule has 0 fully saturated rings. The first-order chi connectivity index (χ1) is 7.21. The van der Waals surface area contributed by atoms with Gasteiger partial charge in [0.15, 0.2) is 5.17 Å². The zero-order chi connectivity index (χ0) is 10.9. The molecule has 0 N–H and O–H groups in total. The Hall–Kier alpha value is -0.440. The summed E-state index contributed by atoms with van der Waals surface area (Å²) in [6.45, 7) is 9.11. The third-order valence-corrected chi connectivity index (χ3v) is 4.67. The van der Waals surface area contributed by atoms with Crippen molar-refractivity contribution >= 4 is 16.9 Å². The summed E-state index contributed by atoms with van der Waals surface area (Å²) in [6.07, 6.45) is 3.62. The van der Waals surface area contributed by atoms with E-state index >= 15 is 0 Å². The van der Waals surface area contributed by atoms with E-state index in [1.807, 2.05) is 0 Å². The molecule has 0 aliphatic carbocycles. The van der Waals surface area contributed by atoms with Gasteiger partial charge in [0.1, 0.15) is 0 Å². The van der Waals surface area contributed by atoms with Crippen LogP contribution >= 0.6 is 11.8 Å². The van der Waals surface area contributed by atoms with Gasteiger partial charge in [-0.15, -0.1) is 0 Å². The summed E-state index contributed by atoms with van der Waals surface area (Å²) in [6, 6.07) is 0. The lowest BCUT2D eigenvalue weighted by atomic mass is 9.81. The van der Waals surface area contributed by atoms with Gasteiger partial charge in [-0.25, -0.2) is 0 Å². The van der Waals surface area contributed by atoms with Crippen molar-refractivity contribution in [1.82, 2.24) is 4.90 Å². The highest BCUT2D eigenvalue weighted by Gasteiger charge is 2.35. The molecule has 0 bridgehead atoms. The zero-order valence-corrected chi connectivity index (χ0v) is 10.7. The number of aliphatic imine (C=N–C) groups is 1. The summed E-state index contributed by atoms with van der Waals surface area (Å²) in [7, 11) is 0. The number of hydrogen-bond acceptors (Lipinski definition) is 3. The van der Waals surface area contributed by atoms with Crippen LogP contribution in [0.2, 0.25) is 0 Å². The molecule has 0 radical (unpaired) electrons. The lowest BCUT2D eigenvalue weighted by Crippen LogP contribution is -2.36. The van der Waals surface area contributed by atoms with Crippen LogP contribution in [0.4, 0.5) is 0 Å². The molecule has 0 atom stereocenters. The highest BCUT2D eigenvalue weighted by Crippen LogP contribution is 2.43. The Kier molecular flexibility index (Phi) is 3.10. The van der Waals surface area contributed by atoms with Gasteiger partial charge in [0.05, 0.1) is 0 Å². The van der Waals surface area contributed by atoms with E-state index in [4.69, 9.17) is 0 Å². The molecule has 15 heavy (non-hydrogen) atoms. The number of fused-ring (bicyclic) bond motifs is 1. The Morgan fingerprint density at radius 2 is 2.20 bits per heavy atom. The van der Waals surface area contributed by atoms with Crippen molar-refractivity contribution in [3.05, 3.63) is 11.1 Å². The Morgan fingerprint density at radius 1 is 1.47 bits per heavy atom. The van der Waals surface area contributed by atoms with Gasteiger partial charge in [-0.3, -0.25) is 4.99 Å². The van der Waals surface area contributed by atoms with Crippen LogP contribution in [0.5, 0.6) is 0 Å². The smallest absolute Gasteiger partial charge is 0.167 e. The van der Waals surface area contributed by atoms with Crippen molar-refractivity contribution in [2.45, 2.75) is 40.0 Å². The van der Waals surface area contributed by atoms with Gasteiger partial charge < -0.3 is 4.90 Å². The predicted octanol–water partition coefficient (Wildman–Crippen LogP) is 3.46. The first-order valence-corrected chi connectivity index (χ1v) is 6.78. The van der Waals surface area contributed by atoms with Gasteiger partial charge >= 0.3 is 0 Å². The Balaban J connectivity index is 2.24. The maximum atomic E-state index is 4.58. The minimum atomic E-state index is 0.335. The van der Waals surface area contributed by atoms with Crippen molar-refractivity contribution in [2.75, 3.05) is 13.1 Å². The van der Waals surface area contributed by atoms with E-state index in [1.165, 1.54) is 30.1 Å². The third kappa shape index (κ3) is 1.82. The molecule has 0 aromatic rings. The van der Waals surface area contributed by atoms with E-state index in [1.54, 1.807) is 11.8 Å². The molecule has 0 saturated carbocycles. The fourth-order valence-electron chi connectivity index (χ4n) is 2.16. The van der Waals surface area contributed by atoms with Gasteiger partial charge in [-0.2, -0.15) is 0 Å². The molecular formula is C12H20N2S. The quantitative estimate of drug-likeness (QED) is 0.729. The monoisotopic (exact) mass is 224 g/mol. The molecule has 2 rings (SSSR count). The number of rotatable bonds is 3. The number of nitrogens with zero attached hydrogens (tertiary/aromatic N) is 2. The molecule has 2 aliphatic rings. The molecule has 0 aromatic heterocycles. The van der Waals surface area contributed by atoms with Gasteiger partial charge in [0, 0.05) is 24.2 Å². The zero-order valence-electron chi connectivity index (χ0n) is 9.92. The molecule has 0 unspecified atom stereocenters. The van der Waals surface area contributed by atoms with Crippen LogP contribution < -0.4 is 0 Å². The van der Waals surface area contributed by atoms with E-state index in [2.05, 4.69) is 36.1 Å². The van der Waals surface area contributed by atoms with E-state index in [9.17, 15) is 0 Å². The van der Waals surface area contributed by atoms with Gasteiger partial charge in [0.25, 0.3) is 0 Å². The normalized spacial score (nSPS) is 21.1. The highest BCUT2D eigenvalue weighted by atomic mass is 32.2. The Bertz CT molecular complexity index is 303. The van der Waals surface area contributed by atoms with Crippen molar-refractivity contribution in [2.24, 2.45) is 10.4 Å². The summed E-state index contributed by atoms with van der Waals surface area (Å²) in [5, 5.41) is 3.54. The lowest BCUT2D eigenvalue weighted by molar-refractivity contribution is 0.287. The van der Waals surface area contributed by atoms with Gasteiger partial charge in [-0.1, -0.05) is 32.5 Å². The third-order valence-electron chi connectivity index (χ3n) is 3.76. The molecule has 2 aliphatic heterocycles. The van der Waals surface area contributed by atoms with Crippen LogP contribution in [0.1, 0.15) is 40.0 Å². The molecule has 0 aromatic carbocycles. The summed E-state index contributed by atoms with van der Waals surface area (Å²) >= 11 is 1.81. The first kappa shape index (κ1) is 11.1. The Labute approximate surface area is 96.8 Å². The molecular weight excluding hydrogens is 204 g/mol. The number of amidine groups is 1. The average Bonchev–Trinajstić information content (AvgIpc) is 2.72. The number of allylic oxidation sites excluding steroid dienone is 1. The largest absolute Gasteiger partial charge is 0.324 e. The van der Waals surface area contributed by atoms with E-state index in [0.717, 1.165) is 13.1 Å². The second kappa shape index (κ2) is 4.20. The second-order valence-corrected chi connectivity index (χ2v) is 5.39. The van der Waals surface area contributed by atoms with Crippen molar-refractivity contribution in [3.8, 4) is 0 Å². The van der Waals surface area contributed by atoms with Crippen LogP contribution in [0, 0.1) is 5.41 Å². The standard InChI is InChI=1S/C12H20N2S/c1-4-12(3,5-2)10-9-15-11-13-7-6-8-14(10)11/h9H,4-8H2,1-3H3.